The van der Waals surface area contributed by atoms with Gasteiger partial charge in [-0.05, 0) is 68.3 Å². The van der Waals surface area contributed by atoms with Crippen molar-refractivity contribution in [1.29, 1.82) is 0 Å². The maximum absolute atomic E-state index is 12.9. The third-order valence-electron chi connectivity index (χ3n) is 5.34. The summed E-state index contributed by atoms with van der Waals surface area (Å²) in [6.07, 6.45) is 3.89. The van der Waals surface area contributed by atoms with Crippen molar-refractivity contribution >= 4 is 35.0 Å². The molecule has 1 fully saturated rings. The summed E-state index contributed by atoms with van der Waals surface area (Å²) in [6, 6.07) is 10.7. The van der Waals surface area contributed by atoms with Crippen molar-refractivity contribution in [2.75, 3.05) is 13.7 Å². The second kappa shape index (κ2) is 11.8. The van der Waals surface area contributed by atoms with Crippen molar-refractivity contribution in [2.24, 2.45) is 0 Å². The van der Waals surface area contributed by atoms with Crippen LogP contribution in [0.25, 0.3) is 6.08 Å². The molecule has 1 heterocycles. The van der Waals surface area contributed by atoms with Crippen LogP contribution in [0.1, 0.15) is 36.1 Å². The first-order valence-corrected chi connectivity index (χ1v) is 12.0. The quantitative estimate of drug-likeness (QED) is 0.251. The molecule has 1 aliphatic rings. The maximum atomic E-state index is 12.9. The molecule has 0 unspecified atom stereocenters. The number of amides is 2. The number of esters is 1. The number of nitrogens with zero attached hydrogens (tertiary/aromatic N) is 1. The lowest BCUT2D eigenvalue weighted by atomic mass is 10.0. The fourth-order valence-corrected chi connectivity index (χ4v) is 4.59. The Kier molecular flexibility index (Phi) is 8.76. The molecule has 1 saturated heterocycles. The van der Waals surface area contributed by atoms with Crippen LogP contribution in [0.4, 0.5) is 4.79 Å². The molecular formula is C27H29NO6S. The lowest BCUT2D eigenvalue weighted by molar-refractivity contribution is -0.150. The van der Waals surface area contributed by atoms with Crippen LogP contribution in [0.2, 0.25) is 0 Å². The van der Waals surface area contributed by atoms with Gasteiger partial charge >= 0.3 is 5.97 Å². The van der Waals surface area contributed by atoms with Crippen LogP contribution < -0.4 is 9.47 Å². The van der Waals surface area contributed by atoms with Crippen molar-refractivity contribution < 1.29 is 28.6 Å². The molecule has 0 bridgehead atoms. The summed E-state index contributed by atoms with van der Waals surface area (Å²) in [6.45, 7) is 9.53. The molecule has 0 N–H and O–H groups in total. The zero-order valence-corrected chi connectivity index (χ0v) is 21.1. The molecule has 0 aromatic heterocycles. The van der Waals surface area contributed by atoms with Crippen LogP contribution in [-0.2, 0) is 27.4 Å². The van der Waals surface area contributed by atoms with Gasteiger partial charge in [-0.2, -0.15) is 0 Å². The second-order valence-corrected chi connectivity index (χ2v) is 8.95. The van der Waals surface area contributed by atoms with E-state index in [1.165, 1.54) is 6.92 Å². The van der Waals surface area contributed by atoms with Gasteiger partial charge in [-0.1, -0.05) is 35.9 Å². The summed E-state index contributed by atoms with van der Waals surface area (Å²) in [5.74, 6) is -0.0665. The van der Waals surface area contributed by atoms with E-state index >= 15 is 0 Å². The number of rotatable bonds is 10. The number of thioether (sulfide) groups is 1. The van der Waals surface area contributed by atoms with Crippen LogP contribution >= 0.6 is 11.8 Å². The Morgan fingerprint density at radius 3 is 2.66 bits per heavy atom. The Hall–Kier alpha value is -3.52. The van der Waals surface area contributed by atoms with E-state index in [1.54, 1.807) is 32.3 Å². The molecule has 0 spiro atoms. The maximum Gasteiger partial charge on any atom is 0.329 e. The SMILES string of the molecule is C=CCc1cc(/C=C2/SC(=O)N([C@H](C)C(=O)OCC)C2=O)cc(OC)c1OCc1cccc(C)c1. The van der Waals surface area contributed by atoms with E-state index in [-0.39, 0.29) is 11.5 Å². The fourth-order valence-electron chi connectivity index (χ4n) is 3.68. The van der Waals surface area contributed by atoms with Crippen molar-refractivity contribution in [1.82, 2.24) is 4.90 Å². The molecule has 0 saturated carbocycles. The summed E-state index contributed by atoms with van der Waals surface area (Å²) < 4.78 is 16.7. The van der Waals surface area contributed by atoms with E-state index in [2.05, 4.69) is 12.6 Å². The Morgan fingerprint density at radius 2 is 2.00 bits per heavy atom. The summed E-state index contributed by atoms with van der Waals surface area (Å²) >= 11 is 0.785. The van der Waals surface area contributed by atoms with Crippen LogP contribution in [-0.4, -0.2) is 41.8 Å². The number of aryl methyl sites for hydroxylation is 1. The van der Waals surface area contributed by atoms with Gasteiger partial charge in [0.15, 0.2) is 11.5 Å². The predicted molar refractivity (Wildman–Crippen MR) is 136 cm³/mol. The van der Waals surface area contributed by atoms with Crippen LogP contribution in [0.5, 0.6) is 11.5 Å². The monoisotopic (exact) mass is 495 g/mol. The lowest BCUT2D eigenvalue weighted by Crippen LogP contribution is -2.42. The molecule has 3 rings (SSSR count). The molecule has 35 heavy (non-hydrogen) atoms. The minimum absolute atomic E-state index is 0.166. The first-order valence-electron chi connectivity index (χ1n) is 11.2. The van der Waals surface area contributed by atoms with Crippen LogP contribution in [0.3, 0.4) is 0 Å². The van der Waals surface area contributed by atoms with E-state index in [4.69, 9.17) is 14.2 Å². The number of hydrogen-bond acceptors (Lipinski definition) is 7. The Bertz CT molecular complexity index is 1170. The second-order valence-electron chi connectivity index (χ2n) is 7.96. The average Bonchev–Trinajstić information content (AvgIpc) is 3.10. The Balaban J connectivity index is 1.90. The number of hydrogen-bond donors (Lipinski definition) is 0. The number of carbonyl (C=O) groups excluding carboxylic acids is 3. The van der Waals surface area contributed by atoms with E-state index in [9.17, 15) is 14.4 Å². The highest BCUT2D eigenvalue weighted by molar-refractivity contribution is 8.18. The molecule has 184 valence electrons. The first-order chi connectivity index (χ1) is 16.8. The Labute approximate surface area is 209 Å². The van der Waals surface area contributed by atoms with Gasteiger partial charge in [0, 0.05) is 5.56 Å². The molecular weight excluding hydrogens is 466 g/mol. The third-order valence-corrected chi connectivity index (χ3v) is 6.22. The standard InChI is InChI=1S/C27H29NO6S/c1-6-9-21-13-20(14-22(32-5)24(21)34-16-19-11-8-10-17(3)12-19)15-23-25(29)28(27(31)35-23)18(4)26(30)33-7-2/h6,8,10-15,18H,1,7,9,16H2,2-5H3/b23-15+/t18-/m1/s1. The largest absolute Gasteiger partial charge is 0.493 e. The van der Waals surface area contributed by atoms with Gasteiger partial charge in [-0.25, -0.2) is 4.79 Å². The average molecular weight is 496 g/mol. The topological polar surface area (TPSA) is 82.1 Å². The van der Waals surface area contributed by atoms with E-state index < -0.39 is 23.2 Å². The Morgan fingerprint density at radius 1 is 1.23 bits per heavy atom. The van der Waals surface area contributed by atoms with Gasteiger partial charge in [0.1, 0.15) is 12.6 Å². The van der Waals surface area contributed by atoms with Gasteiger partial charge in [0.05, 0.1) is 18.6 Å². The number of methoxy groups -OCH3 is 1. The molecule has 1 aliphatic heterocycles. The fraction of sp³-hybridized carbons (Fsp3) is 0.296. The zero-order chi connectivity index (χ0) is 25.5. The predicted octanol–water partition coefficient (Wildman–Crippen LogP) is 5.30. The number of benzene rings is 2. The summed E-state index contributed by atoms with van der Waals surface area (Å²) in [7, 11) is 1.55. The van der Waals surface area contributed by atoms with Crippen LogP contribution in [0.15, 0.2) is 54.0 Å². The summed E-state index contributed by atoms with van der Waals surface area (Å²) in [5, 5.41) is -0.516. The molecule has 2 aromatic rings. The highest BCUT2D eigenvalue weighted by Crippen LogP contribution is 2.38. The molecule has 2 amide bonds. The van der Waals surface area contributed by atoms with Crippen molar-refractivity contribution in [2.45, 2.75) is 39.8 Å². The molecule has 1 atom stereocenters. The number of imide groups is 1. The number of ether oxygens (including phenoxy) is 3. The molecule has 2 aromatic carbocycles. The minimum Gasteiger partial charge on any atom is -0.493 e. The first kappa shape index (κ1) is 26.1. The highest BCUT2D eigenvalue weighted by atomic mass is 32.2. The number of allylic oxidation sites excluding steroid dienone is 1. The number of carbonyl (C=O) groups is 3. The van der Waals surface area contributed by atoms with E-state index in [0.29, 0.717) is 30.1 Å². The van der Waals surface area contributed by atoms with Gasteiger partial charge in [0.2, 0.25) is 0 Å². The smallest absolute Gasteiger partial charge is 0.329 e. The summed E-state index contributed by atoms with van der Waals surface area (Å²) in [5.41, 5.74) is 3.67. The molecule has 8 heteroatoms. The van der Waals surface area contributed by atoms with Crippen molar-refractivity contribution in [3.8, 4) is 11.5 Å². The van der Waals surface area contributed by atoms with Crippen molar-refractivity contribution in [3.63, 3.8) is 0 Å². The summed E-state index contributed by atoms with van der Waals surface area (Å²) in [4.78, 5) is 38.6. The lowest BCUT2D eigenvalue weighted by Gasteiger charge is -2.19. The van der Waals surface area contributed by atoms with E-state index in [0.717, 1.165) is 33.4 Å². The van der Waals surface area contributed by atoms with E-state index in [1.807, 2.05) is 31.2 Å². The molecule has 7 nitrogen and oxygen atoms in total. The van der Waals surface area contributed by atoms with Gasteiger partial charge in [-0.15, -0.1) is 6.58 Å². The van der Waals surface area contributed by atoms with Gasteiger partial charge in [0.25, 0.3) is 11.1 Å². The molecule has 0 aliphatic carbocycles. The zero-order valence-electron chi connectivity index (χ0n) is 20.3. The van der Waals surface area contributed by atoms with Gasteiger partial charge in [-0.3, -0.25) is 14.5 Å². The highest BCUT2D eigenvalue weighted by Gasteiger charge is 2.41. The van der Waals surface area contributed by atoms with Crippen molar-refractivity contribution in [3.05, 3.63) is 76.2 Å². The molecule has 0 radical (unpaired) electrons. The minimum atomic E-state index is -1.00. The third kappa shape index (κ3) is 6.14. The van der Waals surface area contributed by atoms with Gasteiger partial charge < -0.3 is 14.2 Å². The normalized spacial score (nSPS) is 15.3. The van der Waals surface area contributed by atoms with Crippen LogP contribution in [0, 0.1) is 6.92 Å².